The van der Waals surface area contributed by atoms with Gasteiger partial charge in [0.25, 0.3) is 0 Å². The summed E-state index contributed by atoms with van der Waals surface area (Å²) in [7, 11) is 7.59. The number of ether oxygens (including phenoxy) is 1. The van der Waals surface area contributed by atoms with E-state index in [9.17, 15) is 4.79 Å². The van der Waals surface area contributed by atoms with Gasteiger partial charge in [0.15, 0.2) is 13.5 Å². The molecule has 1 saturated carbocycles. The van der Waals surface area contributed by atoms with Crippen molar-refractivity contribution >= 4 is 36.5 Å². The fraction of sp³-hybridized carbons (Fsp3) is 0.250. The number of carbonyl (C=O) groups is 1. The molecule has 1 N–H and O–H groups in total. The number of anilines is 1. The number of hydrogen-bond acceptors (Lipinski definition) is 5. The number of carbonyl (C=O) groups excluding carboxylic acids is 1. The Balaban J connectivity index is 1.56. The third kappa shape index (κ3) is 2.82. The van der Waals surface area contributed by atoms with E-state index >= 15 is 0 Å². The van der Waals surface area contributed by atoms with Crippen molar-refractivity contribution in [3.8, 4) is 11.5 Å². The topological polar surface area (TPSA) is 81.9 Å². The number of aryl methyl sites for hydroxylation is 1. The van der Waals surface area contributed by atoms with Crippen molar-refractivity contribution < 1.29 is 9.53 Å². The lowest BCUT2D eigenvalue weighted by Crippen LogP contribution is -2.15. The van der Waals surface area contributed by atoms with E-state index in [4.69, 9.17) is 12.6 Å². The predicted molar refractivity (Wildman–Crippen MR) is 89.6 cm³/mol. The second-order valence-electron chi connectivity index (χ2n) is 5.79. The van der Waals surface area contributed by atoms with Crippen LogP contribution in [0.1, 0.15) is 12.8 Å². The second kappa shape index (κ2) is 5.63. The van der Waals surface area contributed by atoms with Crippen LogP contribution in [0.2, 0.25) is 0 Å². The molecule has 0 aromatic carbocycles. The van der Waals surface area contributed by atoms with Crippen LogP contribution in [0.5, 0.6) is 11.5 Å². The fourth-order valence-corrected chi connectivity index (χ4v) is 2.38. The van der Waals surface area contributed by atoms with Crippen LogP contribution in [-0.2, 0) is 11.8 Å². The number of amides is 1. The van der Waals surface area contributed by atoms with Crippen LogP contribution in [0.3, 0.4) is 0 Å². The van der Waals surface area contributed by atoms with Crippen molar-refractivity contribution in [1.29, 1.82) is 0 Å². The Morgan fingerprint density at radius 3 is 2.96 bits per heavy atom. The van der Waals surface area contributed by atoms with E-state index in [1.807, 2.05) is 13.1 Å². The molecule has 3 aromatic heterocycles. The largest absolute Gasteiger partial charge is 0.455 e. The van der Waals surface area contributed by atoms with E-state index in [1.54, 1.807) is 29.1 Å². The summed E-state index contributed by atoms with van der Waals surface area (Å²) < 4.78 is 7.55. The first-order valence-corrected chi connectivity index (χ1v) is 7.63. The summed E-state index contributed by atoms with van der Waals surface area (Å²) in [6, 6.07) is 5.21. The Kier molecular flexibility index (Phi) is 3.44. The molecule has 1 fully saturated rings. The van der Waals surface area contributed by atoms with Gasteiger partial charge in [0.2, 0.25) is 5.91 Å². The monoisotopic (exact) mass is 319 g/mol. The number of fused-ring (bicyclic) bond motifs is 1. The third-order valence-electron chi connectivity index (χ3n) is 3.91. The van der Waals surface area contributed by atoms with Gasteiger partial charge in [-0.25, -0.2) is 15.0 Å². The molecule has 1 amide bonds. The van der Waals surface area contributed by atoms with E-state index in [0.29, 0.717) is 28.7 Å². The Hall–Kier alpha value is -2.90. The molecule has 7 nitrogen and oxygen atoms in total. The van der Waals surface area contributed by atoms with Crippen molar-refractivity contribution in [2.45, 2.75) is 12.8 Å². The highest BCUT2D eigenvalue weighted by Gasteiger charge is 2.29. The van der Waals surface area contributed by atoms with Crippen LogP contribution in [0, 0.1) is 5.92 Å². The number of pyridine rings is 2. The van der Waals surface area contributed by atoms with E-state index in [-0.39, 0.29) is 11.8 Å². The van der Waals surface area contributed by atoms with Crippen LogP contribution in [0.4, 0.5) is 5.82 Å². The Bertz CT molecular complexity index is 935. The number of nitrogens with one attached hydrogen (secondary N) is 1. The molecule has 0 saturated heterocycles. The molecule has 0 aliphatic heterocycles. The van der Waals surface area contributed by atoms with Crippen molar-refractivity contribution in [2.75, 3.05) is 5.32 Å². The van der Waals surface area contributed by atoms with E-state index in [0.717, 1.165) is 18.4 Å². The average Bonchev–Trinajstić information content (AvgIpc) is 3.37. The molecular formula is C16H14BN5O2. The molecular weight excluding hydrogens is 305 g/mol. The number of rotatable bonds is 4. The van der Waals surface area contributed by atoms with Crippen LogP contribution in [0.15, 0.2) is 30.6 Å². The molecule has 4 rings (SSSR count). The Labute approximate surface area is 139 Å². The van der Waals surface area contributed by atoms with Crippen molar-refractivity contribution in [3.63, 3.8) is 0 Å². The molecule has 0 unspecified atom stereocenters. The molecule has 24 heavy (non-hydrogen) atoms. The minimum absolute atomic E-state index is 0.00750. The van der Waals surface area contributed by atoms with Gasteiger partial charge in [0, 0.05) is 31.3 Å². The summed E-state index contributed by atoms with van der Waals surface area (Å²) in [5, 5.41) is 2.80. The molecule has 1 aliphatic rings. The highest BCUT2D eigenvalue weighted by molar-refractivity contribution is 6.30. The van der Waals surface area contributed by atoms with E-state index in [2.05, 4.69) is 20.3 Å². The molecule has 3 heterocycles. The first-order valence-electron chi connectivity index (χ1n) is 7.63. The van der Waals surface area contributed by atoms with Gasteiger partial charge < -0.3 is 14.6 Å². The number of nitrogens with zero attached hydrogens (tertiary/aromatic N) is 4. The molecule has 1 aliphatic carbocycles. The maximum Gasteiger partial charge on any atom is 0.228 e. The van der Waals surface area contributed by atoms with E-state index < -0.39 is 0 Å². The molecule has 2 radical (unpaired) electrons. The zero-order valence-electron chi connectivity index (χ0n) is 13.1. The zero-order valence-corrected chi connectivity index (χ0v) is 13.1. The van der Waals surface area contributed by atoms with Gasteiger partial charge in [-0.3, -0.25) is 4.79 Å². The van der Waals surface area contributed by atoms with Gasteiger partial charge in [-0.15, -0.1) is 0 Å². The molecule has 0 atom stereocenters. The number of imidazole rings is 1. The summed E-state index contributed by atoms with van der Waals surface area (Å²) in [5.74, 6) is 1.72. The third-order valence-corrected chi connectivity index (χ3v) is 3.91. The lowest BCUT2D eigenvalue weighted by molar-refractivity contribution is -0.117. The van der Waals surface area contributed by atoms with Crippen LogP contribution >= 0.6 is 0 Å². The summed E-state index contributed by atoms with van der Waals surface area (Å²) >= 11 is 0. The van der Waals surface area contributed by atoms with Gasteiger partial charge in [-0.05, 0) is 18.9 Å². The lowest BCUT2D eigenvalue weighted by atomic mass is 10.1. The van der Waals surface area contributed by atoms with Crippen LogP contribution in [0.25, 0.3) is 11.2 Å². The lowest BCUT2D eigenvalue weighted by Gasteiger charge is -2.08. The van der Waals surface area contributed by atoms with Gasteiger partial charge >= 0.3 is 0 Å². The van der Waals surface area contributed by atoms with Gasteiger partial charge in [0.05, 0.1) is 17.4 Å². The summed E-state index contributed by atoms with van der Waals surface area (Å²) in [6.07, 6.45) is 5.06. The number of hydrogen-bond donors (Lipinski definition) is 1. The molecule has 8 heteroatoms. The quantitative estimate of drug-likeness (QED) is 0.733. The SMILES string of the molecule is [B]c1nc2ncc(Oc3ccnc(NC(=O)C4CC4)c3)cc2n1C. The molecule has 3 aromatic rings. The molecule has 0 bridgehead atoms. The van der Waals surface area contributed by atoms with Crippen molar-refractivity contribution in [1.82, 2.24) is 19.5 Å². The summed E-state index contributed by atoms with van der Waals surface area (Å²) in [6.45, 7) is 0. The van der Waals surface area contributed by atoms with Crippen molar-refractivity contribution in [2.24, 2.45) is 13.0 Å². The summed E-state index contributed by atoms with van der Waals surface area (Å²) in [5.41, 5.74) is 1.74. The molecule has 118 valence electrons. The minimum Gasteiger partial charge on any atom is -0.455 e. The summed E-state index contributed by atoms with van der Waals surface area (Å²) in [4.78, 5) is 24.3. The molecule has 0 spiro atoms. The first kappa shape index (κ1) is 14.7. The van der Waals surface area contributed by atoms with E-state index in [1.165, 1.54) is 0 Å². The Morgan fingerprint density at radius 2 is 2.17 bits per heavy atom. The fourth-order valence-electron chi connectivity index (χ4n) is 2.38. The van der Waals surface area contributed by atoms with Gasteiger partial charge in [-0.2, -0.15) is 0 Å². The smallest absolute Gasteiger partial charge is 0.228 e. The normalized spacial score (nSPS) is 13.9. The van der Waals surface area contributed by atoms with Crippen LogP contribution in [-0.4, -0.2) is 33.3 Å². The van der Waals surface area contributed by atoms with Gasteiger partial charge in [-0.1, -0.05) is 0 Å². The minimum atomic E-state index is 0.00750. The Morgan fingerprint density at radius 1 is 1.33 bits per heavy atom. The number of aromatic nitrogens is 4. The van der Waals surface area contributed by atoms with Gasteiger partial charge in [0.1, 0.15) is 17.3 Å². The second-order valence-corrected chi connectivity index (χ2v) is 5.79. The predicted octanol–water partition coefficient (Wildman–Crippen LogP) is 1.30. The maximum atomic E-state index is 11.8. The van der Waals surface area contributed by atoms with Crippen molar-refractivity contribution in [3.05, 3.63) is 30.6 Å². The maximum absolute atomic E-state index is 11.8. The van der Waals surface area contributed by atoms with Crippen LogP contribution < -0.4 is 15.8 Å². The zero-order chi connectivity index (χ0) is 16.7. The first-order chi connectivity index (χ1) is 11.6. The highest BCUT2D eigenvalue weighted by Crippen LogP contribution is 2.30. The average molecular weight is 319 g/mol. The highest BCUT2D eigenvalue weighted by atomic mass is 16.5. The standard InChI is InChI=1S/C16H14BN5O2/c1-22-12-6-11(8-19-14(12)21-16(22)17)24-10-4-5-18-13(7-10)20-15(23)9-2-3-9/h4-9H,2-3H2,1H3,(H,18,20,23).